The van der Waals surface area contributed by atoms with Crippen LogP contribution in [0.1, 0.15) is 6.42 Å². The molecule has 3 N–H and O–H groups in total. The van der Waals surface area contributed by atoms with E-state index in [0.717, 1.165) is 35.4 Å². The van der Waals surface area contributed by atoms with E-state index in [2.05, 4.69) is 32.0 Å². The second kappa shape index (κ2) is 7.45. The predicted molar refractivity (Wildman–Crippen MR) is 112 cm³/mol. The zero-order valence-corrected chi connectivity index (χ0v) is 16.8. The first kappa shape index (κ1) is 19.0. The van der Waals surface area contributed by atoms with Gasteiger partial charge in [-0.25, -0.2) is 4.98 Å². The number of pyridine rings is 1. The van der Waals surface area contributed by atoms with E-state index in [0.29, 0.717) is 24.8 Å². The van der Waals surface area contributed by atoms with Crippen molar-refractivity contribution in [1.29, 1.82) is 0 Å². The van der Waals surface area contributed by atoms with Crippen LogP contribution >= 0.6 is 0 Å². The Kier molecular flexibility index (Phi) is 4.57. The summed E-state index contributed by atoms with van der Waals surface area (Å²) >= 11 is 0. The molecule has 1 aromatic carbocycles. The number of hydrogen-bond acceptors (Lipinski definition) is 8. The minimum atomic E-state index is -0.611. The number of aliphatic hydroxyl groups is 2. The fourth-order valence-electron chi connectivity index (χ4n) is 4.59. The number of benzene rings is 1. The molecule has 3 aliphatic heterocycles. The lowest BCUT2D eigenvalue weighted by Crippen LogP contribution is -2.34. The van der Waals surface area contributed by atoms with Gasteiger partial charge >= 0.3 is 0 Å². The molecule has 5 atom stereocenters. The molecule has 3 fully saturated rings. The van der Waals surface area contributed by atoms with E-state index < -0.39 is 6.10 Å². The number of imidazole rings is 1. The summed E-state index contributed by atoms with van der Waals surface area (Å²) in [6.07, 6.45) is -0.996. The van der Waals surface area contributed by atoms with Gasteiger partial charge in [0.15, 0.2) is 11.8 Å². The molecule has 0 saturated carbocycles. The fraction of sp³-hybridized carbons (Fsp3) is 0.455. The Morgan fingerprint density at radius 3 is 2.65 bits per heavy atom. The number of aromatic nitrogens is 3. The molecule has 0 radical (unpaired) electrons. The van der Waals surface area contributed by atoms with Crippen LogP contribution < -0.4 is 9.64 Å². The molecule has 5 heterocycles. The van der Waals surface area contributed by atoms with E-state index in [4.69, 9.17) is 14.2 Å². The molecule has 0 bridgehead atoms. The number of rotatable bonds is 4. The molecule has 3 aromatic rings. The summed E-state index contributed by atoms with van der Waals surface area (Å²) in [5.74, 6) is 0. The second-order valence-electron chi connectivity index (χ2n) is 8.36. The third-order valence-corrected chi connectivity index (χ3v) is 6.26. The van der Waals surface area contributed by atoms with Gasteiger partial charge in [-0.2, -0.15) is 4.98 Å². The van der Waals surface area contributed by atoms with Crippen LogP contribution in [-0.2, 0) is 9.47 Å². The van der Waals surface area contributed by atoms with Crippen LogP contribution in [0.5, 0.6) is 6.01 Å². The molecule has 6 rings (SSSR count). The Labute approximate surface area is 178 Å². The molecule has 0 amide bonds. The van der Waals surface area contributed by atoms with Gasteiger partial charge in [0.05, 0.1) is 30.5 Å². The quantitative estimate of drug-likeness (QED) is 0.571. The van der Waals surface area contributed by atoms with Crippen LogP contribution in [-0.4, -0.2) is 82.0 Å². The van der Waals surface area contributed by atoms with Gasteiger partial charge in [-0.1, -0.05) is 12.1 Å². The summed E-state index contributed by atoms with van der Waals surface area (Å²) in [6, 6.07) is 12.4. The number of anilines is 1. The normalized spacial score (nSPS) is 30.3. The summed E-state index contributed by atoms with van der Waals surface area (Å²) in [4.78, 5) is 14.5. The van der Waals surface area contributed by atoms with Crippen LogP contribution in [0.25, 0.3) is 22.4 Å². The van der Waals surface area contributed by atoms with E-state index in [-0.39, 0.29) is 31.0 Å². The van der Waals surface area contributed by atoms with Crippen molar-refractivity contribution >= 4 is 16.9 Å². The highest BCUT2D eigenvalue weighted by Gasteiger charge is 2.48. The summed E-state index contributed by atoms with van der Waals surface area (Å²) in [5.41, 5.74) is 4.28. The van der Waals surface area contributed by atoms with Gasteiger partial charge in [0.1, 0.15) is 18.3 Å². The van der Waals surface area contributed by atoms with Crippen LogP contribution in [0.3, 0.4) is 0 Å². The van der Waals surface area contributed by atoms with Gasteiger partial charge in [0, 0.05) is 24.3 Å². The molecule has 5 unspecified atom stereocenters. The Bertz CT molecular complexity index is 1090. The Hall–Kier alpha value is -2.72. The molecule has 9 heteroatoms. The third kappa shape index (κ3) is 3.43. The van der Waals surface area contributed by atoms with Gasteiger partial charge < -0.3 is 34.3 Å². The van der Waals surface area contributed by atoms with Crippen LogP contribution in [0.4, 0.5) is 5.69 Å². The first-order valence-electron chi connectivity index (χ1n) is 10.6. The van der Waals surface area contributed by atoms with Gasteiger partial charge in [0.2, 0.25) is 0 Å². The number of H-pyrrole nitrogens is 1. The molecular weight excluding hydrogens is 400 g/mol. The van der Waals surface area contributed by atoms with Crippen molar-refractivity contribution in [3.63, 3.8) is 0 Å². The number of aliphatic hydroxyl groups excluding tert-OH is 2. The topological polar surface area (TPSA) is 113 Å². The van der Waals surface area contributed by atoms with Gasteiger partial charge in [-0.3, -0.25) is 0 Å². The molecule has 9 nitrogen and oxygen atoms in total. The van der Waals surface area contributed by atoms with Crippen molar-refractivity contribution < 1.29 is 24.4 Å². The summed E-state index contributed by atoms with van der Waals surface area (Å²) in [5, 5.41) is 19.6. The van der Waals surface area contributed by atoms with Gasteiger partial charge in [-0.05, 0) is 30.7 Å². The lowest BCUT2D eigenvalue weighted by atomic mass is 10.1. The Morgan fingerprint density at radius 1 is 1.00 bits per heavy atom. The van der Waals surface area contributed by atoms with E-state index in [1.54, 1.807) is 0 Å². The number of aromatic amines is 1. The first-order chi connectivity index (χ1) is 15.1. The number of fused-ring (bicyclic) bond motifs is 2. The zero-order chi connectivity index (χ0) is 20.9. The summed E-state index contributed by atoms with van der Waals surface area (Å²) in [6.45, 7) is 2.16. The average molecular weight is 424 g/mol. The maximum Gasteiger partial charge on any atom is 0.296 e. The molecule has 3 aliphatic rings. The SMILES string of the molecule is OC1CCN(c2ccc(-c3ccc4[nH]c(OC5COC6C(O)COC56)nc4n3)cc2)C1. The van der Waals surface area contributed by atoms with Crippen LogP contribution in [0.15, 0.2) is 36.4 Å². The molecule has 162 valence electrons. The van der Waals surface area contributed by atoms with Crippen molar-refractivity contribution in [1.82, 2.24) is 15.0 Å². The lowest BCUT2D eigenvalue weighted by molar-refractivity contribution is 0.00706. The number of ether oxygens (including phenoxy) is 3. The van der Waals surface area contributed by atoms with Gasteiger partial charge in [-0.15, -0.1) is 0 Å². The smallest absolute Gasteiger partial charge is 0.296 e. The largest absolute Gasteiger partial charge is 0.456 e. The van der Waals surface area contributed by atoms with E-state index >= 15 is 0 Å². The van der Waals surface area contributed by atoms with Crippen LogP contribution in [0.2, 0.25) is 0 Å². The molecule has 0 aliphatic carbocycles. The van der Waals surface area contributed by atoms with Crippen molar-refractivity contribution in [3.8, 4) is 17.3 Å². The number of nitrogens with one attached hydrogen (secondary N) is 1. The Morgan fingerprint density at radius 2 is 1.84 bits per heavy atom. The third-order valence-electron chi connectivity index (χ3n) is 6.26. The van der Waals surface area contributed by atoms with Crippen LogP contribution in [0, 0.1) is 0 Å². The average Bonchev–Trinajstić information content (AvgIpc) is 3.55. The standard InChI is InChI=1S/C22H24N4O5/c27-14-7-8-26(9-14)13-3-1-12(2-4-13)15-5-6-16-21(23-15)25-22(24-16)31-18-11-30-19-17(28)10-29-20(18)19/h1-6,14,17-20,27-28H,7-11H2,(H,23,24,25). The second-order valence-corrected chi connectivity index (χ2v) is 8.36. The highest BCUT2D eigenvalue weighted by Crippen LogP contribution is 2.30. The zero-order valence-electron chi connectivity index (χ0n) is 16.8. The molecule has 31 heavy (non-hydrogen) atoms. The summed E-state index contributed by atoms with van der Waals surface area (Å²) in [7, 11) is 0. The van der Waals surface area contributed by atoms with Crippen molar-refractivity contribution in [2.24, 2.45) is 0 Å². The predicted octanol–water partition coefficient (Wildman–Crippen LogP) is 1.10. The minimum absolute atomic E-state index is 0.244. The molecule has 0 spiro atoms. The van der Waals surface area contributed by atoms with E-state index in [1.165, 1.54) is 0 Å². The van der Waals surface area contributed by atoms with Crippen molar-refractivity contribution in [2.75, 3.05) is 31.2 Å². The molecular formula is C22H24N4O5. The number of β-amino-alcohol motifs (C(OH)–C–C–N with tert-alkyl or cyclic N) is 1. The summed E-state index contributed by atoms with van der Waals surface area (Å²) < 4.78 is 17.2. The van der Waals surface area contributed by atoms with E-state index in [1.807, 2.05) is 24.3 Å². The highest BCUT2D eigenvalue weighted by atomic mass is 16.6. The monoisotopic (exact) mass is 424 g/mol. The minimum Gasteiger partial charge on any atom is -0.456 e. The highest BCUT2D eigenvalue weighted by molar-refractivity contribution is 5.76. The first-order valence-corrected chi connectivity index (χ1v) is 10.6. The number of nitrogens with zero attached hydrogens (tertiary/aromatic N) is 3. The number of hydrogen-bond donors (Lipinski definition) is 3. The molecule has 2 aromatic heterocycles. The maximum absolute atomic E-state index is 9.87. The fourth-order valence-corrected chi connectivity index (χ4v) is 4.59. The van der Waals surface area contributed by atoms with Crippen molar-refractivity contribution in [3.05, 3.63) is 36.4 Å². The van der Waals surface area contributed by atoms with Gasteiger partial charge in [0.25, 0.3) is 6.01 Å². The van der Waals surface area contributed by atoms with E-state index in [9.17, 15) is 10.2 Å². The molecule has 3 saturated heterocycles. The Balaban J connectivity index is 1.19. The van der Waals surface area contributed by atoms with Crippen molar-refractivity contribution in [2.45, 2.75) is 36.9 Å². The lowest BCUT2D eigenvalue weighted by Gasteiger charge is -2.17. The maximum atomic E-state index is 9.87.